The molecule has 0 aliphatic carbocycles. The topological polar surface area (TPSA) is 75.7 Å². The normalized spacial score (nSPS) is 21.5. The number of amides is 1. The molecule has 30 heavy (non-hydrogen) atoms. The number of benzene rings is 1. The van der Waals surface area contributed by atoms with Crippen molar-refractivity contribution in [2.45, 2.75) is 31.5 Å². The molecule has 0 saturated carbocycles. The molecule has 2 saturated heterocycles. The van der Waals surface area contributed by atoms with Gasteiger partial charge in [0.1, 0.15) is 6.10 Å². The molecule has 1 aromatic carbocycles. The number of hydrogen-bond donors (Lipinski definition) is 2. The number of aromatic nitrogens is 1. The molecule has 1 amide bonds. The third-order valence-electron chi connectivity index (χ3n) is 5.56. The van der Waals surface area contributed by atoms with Gasteiger partial charge in [-0.3, -0.25) is 4.79 Å². The van der Waals surface area contributed by atoms with Crippen molar-refractivity contribution in [2.24, 2.45) is 0 Å². The first-order valence-electron chi connectivity index (χ1n) is 10.3. The maximum absolute atomic E-state index is 15.0. The van der Waals surface area contributed by atoms with Crippen LogP contribution in [0.15, 0.2) is 36.4 Å². The van der Waals surface area contributed by atoms with Crippen LogP contribution in [0.25, 0.3) is 0 Å². The second kappa shape index (κ2) is 9.40. The molecule has 3 heterocycles. The molecular weight excluding hydrogens is 387 g/mol. The molecule has 4 rings (SSSR count). The Bertz CT molecular complexity index is 874. The Kier molecular flexibility index (Phi) is 6.44. The third kappa shape index (κ3) is 4.55. The van der Waals surface area contributed by atoms with Crippen LogP contribution in [0.3, 0.4) is 0 Å². The van der Waals surface area contributed by atoms with Crippen LogP contribution >= 0.6 is 0 Å². The SMILES string of the molecule is COc1nc(N2CCOC(c3ccccc3)C2)c(F)cc1CNC(=O)C1CCCN1. The lowest BCUT2D eigenvalue weighted by Crippen LogP contribution is -2.40. The Morgan fingerprint density at radius 1 is 1.40 bits per heavy atom. The van der Waals surface area contributed by atoms with E-state index in [9.17, 15) is 9.18 Å². The first-order chi connectivity index (χ1) is 14.7. The molecule has 0 bridgehead atoms. The van der Waals surface area contributed by atoms with E-state index >= 15 is 0 Å². The number of methoxy groups -OCH3 is 1. The minimum Gasteiger partial charge on any atom is -0.481 e. The molecule has 2 aliphatic rings. The summed E-state index contributed by atoms with van der Waals surface area (Å²) in [7, 11) is 1.50. The van der Waals surface area contributed by atoms with Gasteiger partial charge in [-0.15, -0.1) is 0 Å². The van der Waals surface area contributed by atoms with Gasteiger partial charge in [-0.05, 0) is 31.0 Å². The lowest BCUT2D eigenvalue weighted by molar-refractivity contribution is -0.122. The molecule has 1 aromatic heterocycles. The quantitative estimate of drug-likeness (QED) is 0.755. The van der Waals surface area contributed by atoms with E-state index in [2.05, 4.69) is 15.6 Å². The third-order valence-corrected chi connectivity index (χ3v) is 5.56. The largest absolute Gasteiger partial charge is 0.481 e. The second-order valence-corrected chi connectivity index (χ2v) is 7.55. The van der Waals surface area contributed by atoms with Crippen molar-refractivity contribution in [1.29, 1.82) is 0 Å². The van der Waals surface area contributed by atoms with Gasteiger partial charge in [-0.2, -0.15) is 4.98 Å². The van der Waals surface area contributed by atoms with Crippen molar-refractivity contribution in [3.05, 3.63) is 53.3 Å². The van der Waals surface area contributed by atoms with E-state index in [0.717, 1.165) is 24.9 Å². The highest BCUT2D eigenvalue weighted by Gasteiger charge is 2.27. The van der Waals surface area contributed by atoms with Crippen molar-refractivity contribution >= 4 is 11.7 Å². The number of carbonyl (C=O) groups is 1. The van der Waals surface area contributed by atoms with Gasteiger partial charge < -0.3 is 25.0 Å². The number of hydrogen-bond acceptors (Lipinski definition) is 6. The zero-order valence-electron chi connectivity index (χ0n) is 17.1. The van der Waals surface area contributed by atoms with E-state index in [1.165, 1.54) is 13.2 Å². The summed E-state index contributed by atoms with van der Waals surface area (Å²) in [4.78, 5) is 18.5. The lowest BCUT2D eigenvalue weighted by Gasteiger charge is -2.34. The van der Waals surface area contributed by atoms with E-state index in [1.54, 1.807) is 0 Å². The van der Waals surface area contributed by atoms with Crippen LogP contribution in [0, 0.1) is 5.82 Å². The lowest BCUT2D eigenvalue weighted by atomic mass is 10.1. The van der Waals surface area contributed by atoms with Gasteiger partial charge in [0.25, 0.3) is 0 Å². The molecule has 0 spiro atoms. The molecule has 2 aliphatic heterocycles. The summed E-state index contributed by atoms with van der Waals surface area (Å²) >= 11 is 0. The van der Waals surface area contributed by atoms with E-state index in [4.69, 9.17) is 9.47 Å². The van der Waals surface area contributed by atoms with Gasteiger partial charge in [0.2, 0.25) is 11.8 Å². The van der Waals surface area contributed by atoms with Gasteiger partial charge in [0, 0.05) is 25.2 Å². The van der Waals surface area contributed by atoms with Crippen LogP contribution in [0.4, 0.5) is 10.2 Å². The highest BCUT2D eigenvalue weighted by molar-refractivity contribution is 5.82. The number of rotatable bonds is 6. The summed E-state index contributed by atoms with van der Waals surface area (Å²) in [6.45, 7) is 2.53. The van der Waals surface area contributed by atoms with Crippen molar-refractivity contribution in [2.75, 3.05) is 38.3 Å². The predicted octanol–water partition coefficient (Wildman–Crippen LogP) is 2.18. The molecule has 8 heteroatoms. The summed E-state index contributed by atoms with van der Waals surface area (Å²) in [5, 5.41) is 6.00. The second-order valence-electron chi connectivity index (χ2n) is 7.55. The van der Waals surface area contributed by atoms with E-state index in [-0.39, 0.29) is 30.4 Å². The average Bonchev–Trinajstić information content (AvgIpc) is 3.33. The molecule has 7 nitrogen and oxygen atoms in total. The van der Waals surface area contributed by atoms with Crippen molar-refractivity contribution in [3.63, 3.8) is 0 Å². The van der Waals surface area contributed by atoms with E-state index in [1.807, 2.05) is 35.2 Å². The van der Waals surface area contributed by atoms with Gasteiger partial charge >= 0.3 is 0 Å². The van der Waals surface area contributed by atoms with Crippen molar-refractivity contribution in [1.82, 2.24) is 15.6 Å². The number of ether oxygens (including phenoxy) is 2. The molecule has 2 unspecified atom stereocenters. The van der Waals surface area contributed by atoms with Crippen LogP contribution in [-0.4, -0.2) is 50.3 Å². The average molecular weight is 414 g/mol. The fourth-order valence-corrected chi connectivity index (χ4v) is 3.95. The van der Waals surface area contributed by atoms with Gasteiger partial charge in [0.05, 0.1) is 19.8 Å². The van der Waals surface area contributed by atoms with Crippen molar-refractivity contribution in [3.8, 4) is 5.88 Å². The maximum atomic E-state index is 15.0. The number of nitrogens with zero attached hydrogens (tertiary/aromatic N) is 2. The van der Waals surface area contributed by atoms with Crippen LogP contribution in [0.5, 0.6) is 5.88 Å². The molecule has 0 radical (unpaired) electrons. The summed E-state index contributed by atoms with van der Waals surface area (Å²) < 4.78 is 26.3. The molecule has 2 N–H and O–H groups in total. The molecule has 2 aromatic rings. The van der Waals surface area contributed by atoms with E-state index in [0.29, 0.717) is 31.1 Å². The summed E-state index contributed by atoms with van der Waals surface area (Å²) in [6.07, 6.45) is 1.65. The molecule has 2 atom stereocenters. The fourth-order valence-electron chi connectivity index (χ4n) is 3.95. The number of halogens is 1. The number of anilines is 1. The van der Waals surface area contributed by atoms with Gasteiger partial charge in [0.15, 0.2) is 11.6 Å². The first kappa shape index (κ1) is 20.6. The monoisotopic (exact) mass is 414 g/mol. The zero-order chi connectivity index (χ0) is 20.9. The van der Waals surface area contributed by atoms with Gasteiger partial charge in [-0.1, -0.05) is 30.3 Å². The smallest absolute Gasteiger partial charge is 0.237 e. The Balaban J connectivity index is 1.48. The maximum Gasteiger partial charge on any atom is 0.237 e. The number of pyridine rings is 1. The molecule has 2 fully saturated rings. The molecule has 160 valence electrons. The summed E-state index contributed by atoms with van der Waals surface area (Å²) in [5.74, 6) is 0.0307. The summed E-state index contributed by atoms with van der Waals surface area (Å²) in [6, 6.07) is 11.1. The fraction of sp³-hybridized carbons (Fsp3) is 0.455. The van der Waals surface area contributed by atoms with Crippen LogP contribution in [0.1, 0.15) is 30.1 Å². The van der Waals surface area contributed by atoms with Crippen molar-refractivity contribution < 1.29 is 18.7 Å². The zero-order valence-corrected chi connectivity index (χ0v) is 17.1. The Morgan fingerprint density at radius 2 is 2.23 bits per heavy atom. The van der Waals surface area contributed by atoms with Gasteiger partial charge in [-0.25, -0.2) is 4.39 Å². The number of morpholine rings is 1. The minimum atomic E-state index is -0.437. The van der Waals surface area contributed by atoms with E-state index < -0.39 is 5.82 Å². The molecular formula is C22H27FN4O3. The number of nitrogens with one attached hydrogen (secondary N) is 2. The minimum absolute atomic E-state index is 0.0853. The van der Waals surface area contributed by atoms with Crippen LogP contribution in [0.2, 0.25) is 0 Å². The first-order valence-corrected chi connectivity index (χ1v) is 10.3. The standard InChI is InChI=1S/C22H27FN4O3/c1-29-22-16(13-25-21(28)18-8-5-9-24-18)12-17(23)20(26-22)27-10-11-30-19(14-27)15-6-3-2-4-7-15/h2-4,6-7,12,18-19,24H,5,8-11,13-14H2,1H3,(H,25,28). The summed E-state index contributed by atoms with van der Waals surface area (Å²) in [5.41, 5.74) is 1.56. The Hall–Kier alpha value is -2.71. The Morgan fingerprint density at radius 3 is 2.97 bits per heavy atom. The van der Waals surface area contributed by atoms with Crippen LogP contribution in [-0.2, 0) is 16.1 Å². The van der Waals surface area contributed by atoms with Crippen LogP contribution < -0.4 is 20.3 Å². The number of carbonyl (C=O) groups excluding carboxylic acids is 1. The Labute approximate surface area is 175 Å². The predicted molar refractivity (Wildman–Crippen MR) is 111 cm³/mol. The highest BCUT2D eigenvalue weighted by Crippen LogP contribution is 2.29. The highest BCUT2D eigenvalue weighted by atomic mass is 19.1.